The van der Waals surface area contributed by atoms with Gasteiger partial charge < -0.3 is 4.52 Å². The molecule has 1 heterocycles. The zero-order chi connectivity index (χ0) is 20.6. The van der Waals surface area contributed by atoms with Crippen LogP contribution >= 0.6 is 15.9 Å². The van der Waals surface area contributed by atoms with Crippen LogP contribution in [-0.4, -0.2) is 25.6 Å². The van der Waals surface area contributed by atoms with Gasteiger partial charge in [0.25, 0.3) is 0 Å². The monoisotopic (exact) mass is 473 g/mol. The second kappa shape index (κ2) is 7.88. The highest BCUT2D eigenvalue weighted by atomic mass is 79.9. The summed E-state index contributed by atoms with van der Waals surface area (Å²) < 4.78 is 31.0. The second-order valence-electron chi connectivity index (χ2n) is 7.45. The fourth-order valence-corrected chi connectivity index (χ4v) is 5.09. The Balaban J connectivity index is 1.75. The van der Waals surface area contributed by atoms with Crippen LogP contribution in [-0.2, 0) is 16.3 Å². The number of halogens is 1. The lowest BCUT2D eigenvalue weighted by Gasteiger charge is -2.18. The van der Waals surface area contributed by atoms with Gasteiger partial charge in [-0.05, 0) is 48.6 Å². The van der Waals surface area contributed by atoms with Gasteiger partial charge in [0, 0.05) is 22.2 Å². The van der Waals surface area contributed by atoms with Crippen LogP contribution < -0.4 is 0 Å². The quantitative estimate of drug-likeness (QED) is 0.457. The van der Waals surface area contributed by atoms with E-state index in [9.17, 15) is 13.2 Å². The Morgan fingerprint density at radius 2 is 1.90 bits per heavy atom. The molecule has 0 bridgehead atoms. The van der Waals surface area contributed by atoms with Crippen molar-refractivity contribution in [1.82, 2.24) is 5.16 Å². The van der Waals surface area contributed by atoms with Crippen LogP contribution in [0, 0.1) is 0 Å². The predicted octanol–water partition coefficient (Wildman–Crippen LogP) is 4.87. The van der Waals surface area contributed by atoms with Crippen molar-refractivity contribution < 1.29 is 17.7 Å². The van der Waals surface area contributed by atoms with E-state index in [0.29, 0.717) is 27.9 Å². The predicted molar refractivity (Wildman–Crippen MR) is 114 cm³/mol. The van der Waals surface area contributed by atoms with Gasteiger partial charge in [0.05, 0.1) is 16.5 Å². The minimum Gasteiger partial charge on any atom is -0.364 e. The van der Waals surface area contributed by atoms with E-state index in [2.05, 4.69) is 21.1 Å². The van der Waals surface area contributed by atoms with E-state index in [-0.39, 0.29) is 18.1 Å². The second-order valence-corrected chi connectivity index (χ2v) is 10.6. The van der Waals surface area contributed by atoms with Crippen LogP contribution in [0.1, 0.15) is 56.8 Å². The van der Waals surface area contributed by atoms with Gasteiger partial charge in [0.1, 0.15) is 6.26 Å². The van der Waals surface area contributed by atoms with E-state index in [1.807, 2.05) is 24.3 Å². The van der Waals surface area contributed by atoms with E-state index < -0.39 is 15.1 Å². The lowest BCUT2D eigenvalue weighted by Crippen LogP contribution is -2.17. The fourth-order valence-electron chi connectivity index (χ4n) is 3.55. The summed E-state index contributed by atoms with van der Waals surface area (Å²) >= 11 is 3.45. The Bertz CT molecular complexity index is 1150. The molecule has 1 fully saturated rings. The summed E-state index contributed by atoms with van der Waals surface area (Å²) in [5.74, 6) is 0.0932. The van der Waals surface area contributed by atoms with E-state index >= 15 is 0 Å². The molecular formula is C22H20BrNO4S. The van der Waals surface area contributed by atoms with Crippen molar-refractivity contribution >= 4 is 31.6 Å². The van der Waals surface area contributed by atoms with Crippen molar-refractivity contribution in [3.63, 3.8) is 0 Å². The summed E-state index contributed by atoms with van der Waals surface area (Å²) in [7, 11) is -3.39. The SMILES string of the molecule is CS(=O)(=O)C(Cc1cc(Br)ccc1C(=O)c1conc1C1CC1)c1ccccc1. The average Bonchev–Trinajstić information content (AvgIpc) is 3.42. The van der Waals surface area contributed by atoms with Crippen LogP contribution in [0.5, 0.6) is 0 Å². The highest BCUT2D eigenvalue weighted by Gasteiger charge is 2.33. The van der Waals surface area contributed by atoms with Gasteiger partial charge in [0.15, 0.2) is 15.6 Å². The molecule has 1 atom stereocenters. The normalized spacial score (nSPS) is 15.2. The van der Waals surface area contributed by atoms with Crippen LogP contribution in [0.25, 0.3) is 0 Å². The highest BCUT2D eigenvalue weighted by Crippen LogP contribution is 2.41. The third-order valence-corrected chi connectivity index (χ3v) is 7.18. The molecule has 0 saturated heterocycles. The van der Waals surface area contributed by atoms with Gasteiger partial charge in [-0.2, -0.15) is 0 Å². The number of hydrogen-bond donors (Lipinski definition) is 0. The van der Waals surface area contributed by atoms with Crippen molar-refractivity contribution in [2.75, 3.05) is 6.26 Å². The van der Waals surface area contributed by atoms with Gasteiger partial charge in [-0.1, -0.05) is 51.4 Å². The minimum absolute atomic E-state index is 0.184. The largest absolute Gasteiger partial charge is 0.364 e. The summed E-state index contributed by atoms with van der Waals surface area (Å²) in [6.45, 7) is 0. The Morgan fingerprint density at radius 3 is 2.55 bits per heavy atom. The Kier molecular flexibility index (Phi) is 5.44. The number of ketones is 1. The topological polar surface area (TPSA) is 77.2 Å². The molecule has 1 aliphatic rings. The molecule has 4 rings (SSSR count). The van der Waals surface area contributed by atoms with Gasteiger partial charge >= 0.3 is 0 Å². The van der Waals surface area contributed by atoms with Crippen LogP contribution in [0.15, 0.2) is 63.8 Å². The number of sulfone groups is 1. The lowest BCUT2D eigenvalue weighted by molar-refractivity contribution is 0.103. The molecule has 0 aliphatic heterocycles. The Morgan fingerprint density at radius 1 is 1.17 bits per heavy atom. The molecule has 1 aromatic heterocycles. The molecule has 0 radical (unpaired) electrons. The number of hydrogen-bond acceptors (Lipinski definition) is 5. The maximum Gasteiger partial charge on any atom is 0.198 e. The van der Waals surface area contributed by atoms with E-state index in [1.54, 1.807) is 24.3 Å². The van der Waals surface area contributed by atoms with E-state index in [1.165, 1.54) is 12.5 Å². The first-order valence-corrected chi connectivity index (χ1v) is 12.1. The summed E-state index contributed by atoms with van der Waals surface area (Å²) in [4.78, 5) is 13.3. The molecule has 1 unspecified atom stereocenters. The van der Waals surface area contributed by atoms with Gasteiger partial charge in [-0.3, -0.25) is 4.79 Å². The molecule has 7 heteroatoms. The maximum atomic E-state index is 13.3. The maximum absolute atomic E-state index is 13.3. The number of nitrogens with zero attached hydrogens (tertiary/aromatic N) is 1. The van der Waals surface area contributed by atoms with Crippen LogP contribution in [0.4, 0.5) is 0 Å². The Labute approximate surface area is 178 Å². The minimum atomic E-state index is -3.39. The fraction of sp³-hybridized carbons (Fsp3) is 0.273. The standard InChI is InChI=1S/C22H20BrNO4S/c1-29(26,27)20(14-5-3-2-4-6-14)12-16-11-17(23)9-10-18(16)22(25)19-13-28-24-21(19)15-7-8-15/h2-6,9-11,13,15,20H,7-8,12H2,1H3. The zero-order valence-electron chi connectivity index (χ0n) is 15.8. The van der Waals surface area contributed by atoms with Crippen molar-refractivity contribution in [2.45, 2.75) is 30.4 Å². The van der Waals surface area contributed by atoms with Crippen molar-refractivity contribution in [3.05, 3.63) is 87.2 Å². The average molecular weight is 474 g/mol. The summed E-state index contributed by atoms with van der Waals surface area (Å²) in [6.07, 6.45) is 4.84. The molecule has 150 valence electrons. The van der Waals surface area contributed by atoms with Crippen molar-refractivity contribution in [3.8, 4) is 0 Å². The molecular weight excluding hydrogens is 454 g/mol. The van der Waals surface area contributed by atoms with E-state index in [0.717, 1.165) is 17.3 Å². The molecule has 0 N–H and O–H groups in total. The van der Waals surface area contributed by atoms with Crippen LogP contribution in [0.2, 0.25) is 0 Å². The number of carbonyl (C=O) groups is 1. The number of aromatic nitrogens is 1. The first-order chi connectivity index (χ1) is 13.8. The number of rotatable bonds is 7. The third kappa shape index (κ3) is 4.36. The molecule has 2 aromatic carbocycles. The molecule has 1 saturated carbocycles. The van der Waals surface area contributed by atoms with Gasteiger partial charge in [0.2, 0.25) is 0 Å². The summed E-state index contributed by atoms with van der Waals surface area (Å²) in [5.41, 5.74) is 3.02. The van der Waals surface area contributed by atoms with Gasteiger partial charge in [-0.25, -0.2) is 8.42 Å². The first-order valence-electron chi connectivity index (χ1n) is 9.36. The van der Waals surface area contributed by atoms with Crippen LogP contribution in [0.3, 0.4) is 0 Å². The summed E-state index contributed by atoms with van der Waals surface area (Å²) in [5, 5.41) is 3.28. The molecule has 0 amide bonds. The smallest absolute Gasteiger partial charge is 0.198 e. The number of benzene rings is 2. The van der Waals surface area contributed by atoms with Gasteiger partial charge in [-0.15, -0.1) is 0 Å². The molecule has 29 heavy (non-hydrogen) atoms. The highest BCUT2D eigenvalue weighted by molar-refractivity contribution is 9.10. The Hall–Kier alpha value is -2.25. The molecule has 3 aromatic rings. The zero-order valence-corrected chi connectivity index (χ0v) is 18.2. The molecule has 0 spiro atoms. The third-order valence-electron chi connectivity index (χ3n) is 5.21. The lowest BCUT2D eigenvalue weighted by atomic mass is 9.94. The van der Waals surface area contributed by atoms with Crippen molar-refractivity contribution in [2.24, 2.45) is 0 Å². The summed E-state index contributed by atoms with van der Waals surface area (Å²) in [6, 6.07) is 14.4. The molecule has 1 aliphatic carbocycles. The van der Waals surface area contributed by atoms with E-state index in [4.69, 9.17) is 4.52 Å². The molecule has 5 nitrogen and oxygen atoms in total. The first kappa shape index (κ1) is 20.0. The van der Waals surface area contributed by atoms with Crippen molar-refractivity contribution in [1.29, 1.82) is 0 Å². The number of carbonyl (C=O) groups excluding carboxylic acids is 1.